The first kappa shape index (κ1) is 21.1. The van der Waals surface area contributed by atoms with Crippen molar-refractivity contribution in [2.75, 3.05) is 5.33 Å². The van der Waals surface area contributed by atoms with Crippen LogP contribution < -0.4 is 4.74 Å². The molecule has 0 amide bonds. The minimum absolute atomic E-state index is 0.132. The molecule has 0 radical (unpaired) electrons. The molecule has 0 saturated heterocycles. The van der Waals surface area contributed by atoms with Crippen molar-refractivity contribution in [3.8, 4) is 5.75 Å². The average molecular weight is 439 g/mol. The van der Waals surface area contributed by atoms with Gasteiger partial charge in [-0.25, -0.2) is 4.39 Å². The Balaban J connectivity index is 2.25. The van der Waals surface area contributed by atoms with Crippen molar-refractivity contribution < 1.29 is 13.6 Å². The van der Waals surface area contributed by atoms with Crippen LogP contribution in [0.2, 0.25) is 18.1 Å². The van der Waals surface area contributed by atoms with Gasteiger partial charge in [0.25, 0.3) is 0 Å². The molecule has 2 aromatic rings. The number of rotatable bonds is 10. The normalized spacial score (nSPS) is 12.8. The van der Waals surface area contributed by atoms with Gasteiger partial charge in [0, 0.05) is 17.0 Å². The maximum Gasteiger partial charge on any atom is 0.192 e. The molecule has 0 spiro atoms. The third kappa shape index (κ3) is 5.41. The highest BCUT2D eigenvalue weighted by Crippen LogP contribution is 2.35. The van der Waals surface area contributed by atoms with E-state index in [2.05, 4.69) is 36.7 Å². The van der Waals surface area contributed by atoms with E-state index in [1.54, 1.807) is 6.07 Å². The van der Waals surface area contributed by atoms with E-state index in [9.17, 15) is 4.39 Å². The number of hydrogen-bond donors (Lipinski definition) is 0. The summed E-state index contributed by atoms with van der Waals surface area (Å²) in [7, 11) is -1.79. The summed E-state index contributed by atoms with van der Waals surface area (Å²) < 4.78 is 26.5. The molecule has 0 heterocycles. The predicted octanol–water partition coefficient (Wildman–Crippen LogP) is 6.86. The van der Waals surface area contributed by atoms with E-state index in [-0.39, 0.29) is 11.9 Å². The molecule has 2 nitrogen and oxygen atoms in total. The van der Waals surface area contributed by atoms with Gasteiger partial charge in [-0.15, -0.1) is 0 Å². The summed E-state index contributed by atoms with van der Waals surface area (Å²) in [6.45, 7) is 7.04. The summed E-state index contributed by atoms with van der Waals surface area (Å²) in [5.41, 5.74) is 1.96. The Morgan fingerprint density at radius 3 is 2.23 bits per heavy atom. The van der Waals surface area contributed by atoms with Gasteiger partial charge in [0.1, 0.15) is 18.2 Å². The first-order valence-electron chi connectivity index (χ1n) is 9.27. The second-order valence-corrected chi connectivity index (χ2v) is 11.8. The first-order chi connectivity index (χ1) is 12.6. The molecule has 0 fully saturated rings. The highest BCUT2D eigenvalue weighted by molar-refractivity contribution is 9.09. The van der Waals surface area contributed by atoms with E-state index >= 15 is 0 Å². The van der Waals surface area contributed by atoms with Gasteiger partial charge in [0.15, 0.2) is 8.32 Å². The Labute approximate surface area is 166 Å². The van der Waals surface area contributed by atoms with Gasteiger partial charge < -0.3 is 9.16 Å². The van der Waals surface area contributed by atoms with E-state index in [1.807, 2.05) is 30.3 Å². The van der Waals surface area contributed by atoms with Gasteiger partial charge in [-0.05, 0) is 35.8 Å². The SMILES string of the molecule is CC[Si](CC)(CC)O[C@@H](CBr)c1ccc(F)cc1OCc1ccccc1. The quantitative estimate of drug-likeness (QED) is 0.297. The van der Waals surface area contributed by atoms with Crippen molar-refractivity contribution in [2.45, 2.75) is 51.6 Å². The van der Waals surface area contributed by atoms with Gasteiger partial charge in [0.05, 0.1) is 6.10 Å². The Bertz CT molecular complexity index is 669. The van der Waals surface area contributed by atoms with Gasteiger partial charge in [-0.3, -0.25) is 0 Å². The number of alkyl halides is 1. The largest absolute Gasteiger partial charge is 0.488 e. The summed E-state index contributed by atoms with van der Waals surface area (Å²) >= 11 is 3.59. The molecule has 142 valence electrons. The van der Waals surface area contributed by atoms with Gasteiger partial charge in [-0.1, -0.05) is 67.0 Å². The molecular formula is C21H28BrFO2Si. The second kappa shape index (κ2) is 10.2. The number of ether oxygens (including phenoxy) is 1. The highest BCUT2D eigenvalue weighted by atomic mass is 79.9. The van der Waals surface area contributed by atoms with Crippen LogP contribution in [0.4, 0.5) is 4.39 Å². The van der Waals surface area contributed by atoms with E-state index in [1.165, 1.54) is 12.1 Å². The molecule has 26 heavy (non-hydrogen) atoms. The van der Waals surface area contributed by atoms with Crippen molar-refractivity contribution in [1.29, 1.82) is 0 Å². The third-order valence-electron chi connectivity index (χ3n) is 5.03. The van der Waals surface area contributed by atoms with Crippen molar-refractivity contribution >= 4 is 24.2 Å². The minimum atomic E-state index is -1.79. The zero-order valence-electron chi connectivity index (χ0n) is 15.8. The van der Waals surface area contributed by atoms with Crippen LogP contribution >= 0.6 is 15.9 Å². The number of benzene rings is 2. The minimum Gasteiger partial charge on any atom is -0.488 e. The predicted molar refractivity (Wildman–Crippen MR) is 112 cm³/mol. The molecule has 0 aliphatic rings. The molecule has 0 aliphatic heterocycles. The molecule has 0 aliphatic carbocycles. The summed E-state index contributed by atoms with van der Waals surface area (Å²) in [5.74, 6) is 0.264. The van der Waals surface area contributed by atoms with E-state index in [0.717, 1.165) is 29.3 Å². The zero-order chi connectivity index (χ0) is 19.0. The maximum atomic E-state index is 13.9. The molecular weight excluding hydrogens is 411 g/mol. The van der Waals surface area contributed by atoms with E-state index in [0.29, 0.717) is 17.7 Å². The van der Waals surface area contributed by atoms with Crippen LogP contribution in [0.15, 0.2) is 48.5 Å². The average Bonchev–Trinajstić information content (AvgIpc) is 2.69. The molecule has 0 bridgehead atoms. The van der Waals surface area contributed by atoms with Crippen LogP contribution in [-0.4, -0.2) is 13.6 Å². The molecule has 2 rings (SSSR count). The van der Waals surface area contributed by atoms with Crippen LogP contribution in [0.5, 0.6) is 5.75 Å². The standard InChI is InChI=1S/C21H28BrFO2Si/c1-4-26(5-2,6-3)25-21(15-22)19-13-12-18(23)14-20(19)24-16-17-10-8-7-9-11-17/h7-14,21H,4-6,15-16H2,1-3H3/t21-/m0/s1. The third-order valence-corrected chi connectivity index (χ3v) is 10.3. The lowest BCUT2D eigenvalue weighted by molar-refractivity contribution is 0.205. The molecule has 0 unspecified atom stereocenters. The molecule has 0 aromatic heterocycles. The number of halogens is 2. The van der Waals surface area contributed by atoms with Gasteiger partial charge >= 0.3 is 0 Å². The van der Waals surface area contributed by atoms with Crippen molar-refractivity contribution in [2.24, 2.45) is 0 Å². The summed E-state index contributed by atoms with van der Waals surface area (Å²) in [6, 6.07) is 17.9. The van der Waals surface area contributed by atoms with Crippen LogP contribution in [0.3, 0.4) is 0 Å². The van der Waals surface area contributed by atoms with Crippen molar-refractivity contribution in [3.63, 3.8) is 0 Å². The lowest BCUT2D eigenvalue weighted by Crippen LogP contribution is -2.37. The van der Waals surface area contributed by atoms with Crippen LogP contribution in [0.25, 0.3) is 0 Å². The number of hydrogen-bond acceptors (Lipinski definition) is 2. The van der Waals surface area contributed by atoms with E-state index < -0.39 is 8.32 Å². The smallest absolute Gasteiger partial charge is 0.192 e. The fraction of sp³-hybridized carbons (Fsp3) is 0.429. The molecule has 1 atom stereocenters. The highest BCUT2D eigenvalue weighted by Gasteiger charge is 2.33. The maximum absolute atomic E-state index is 13.9. The molecule has 5 heteroatoms. The molecule has 0 saturated carbocycles. The fourth-order valence-electron chi connectivity index (χ4n) is 3.11. The van der Waals surface area contributed by atoms with Gasteiger partial charge in [-0.2, -0.15) is 0 Å². The van der Waals surface area contributed by atoms with Crippen LogP contribution in [-0.2, 0) is 11.0 Å². The van der Waals surface area contributed by atoms with Crippen LogP contribution in [0, 0.1) is 5.82 Å². The van der Waals surface area contributed by atoms with Crippen molar-refractivity contribution in [3.05, 3.63) is 65.5 Å². The molecule has 2 aromatic carbocycles. The van der Waals surface area contributed by atoms with Crippen LogP contribution in [0.1, 0.15) is 38.0 Å². The topological polar surface area (TPSA) is 18.5 Å². The Kier molecular flexibility index (Phi) is 8.32. The van der Waals surface area contributed by atoms with Gasteiger partial charge in [0.2, 0.25) is 0 Å². The Hall–Kier alpha value is -1.17. The summed E-state index contributed by atoms with van der Waals surface area (Å²) in [5, 5.41) is 0.662. The first-order valence-corrected chi connectivity index (χ1v) is 12.9. The monoisotopic (exact) mass is 438 g/mol. The molecule has 0 N–H and O–H groups in total. The Morgan fingerprint density at radius 2 is 1.65 bits per heavy atom. The zero-order valence-corrected chi connectivity index (χ0v) is 18.4. The van der Waals surface area contributed by atoms with E-state index in [4.69, 9.17) is 9.16 Å². The lowest BCUT2D eigenvalue weighted by atomic mass is 10.1. The Morgan fingerprint density at radius 1 is 1.00 bits per heavy atom. The van der Waals surface area contributed by atoms with Crippen molar-refractivity contribution in [1.82, 2.24) is 0 Å². The summed E-state index contributed by atoms with van der Waals surface area (Å²) in [6.07, 6.45) is -0.132. The fourth-order valence-corrected chi connectivity index (χ4v) is 6.65. The lowest BCUT2D eigenvalue weighted by Gasteiger charge is -2.33. The second-order valence-electron chi connectivity index (χ2n) is 6.46. The summed E-state index contributed by atoms with van der Waals surface area (Å²) in [4.78, 5) is 0.